The average molecular weight is 319 g/mol. The average Bonchev–Trinajstić information content (AvgIpc) is 2.52. The van der Waals surface area contributed by atoms with E-state index in [1.54, 1.807) is 24.3 Å². The maximum Gasteiger partial charge on any atom is 0.338 e. The summed E-state index contributed by atoms with van der Waals surface area (Å²) < 4.78 is 31.0. The third-order valence-corrected chi connectivity index (χ3v) is 3.11. The van der Waals surface area contributed by atoms with Crippen LogP contribution >= 0.6 is 0 Å². The molecule has 0 unspecified atom stereocenters. The van der Waals surface area contributed by atoms with Crippen LogP contribution in [0.4, 0.5) is 8.78 Å². The number of amides is 1. The molecule has 0 spiro atoms. The van der Waals surface area contributed by atoms with Crippen molar-refractivity contribution in [2.24, 2.45) is 0 Å². The molecule has 0 radical (unpaired) electrons. The summed E-state index contributed by atoms with van der Waals surface area (Å²) in [6, 6.07) is 9.79. The molecule has 2 aromatic rings. The van der Waals surface area contributed by atoms with Gasteiger partial charge in [-0.25, -0.2) is 13.6 Å². The molecule has 0 aliphatic carbocycles. The van der Waals surface area contributed by atoms with E-state index >= 15 is 0 Å². The minimum Gasteiger partial charge on any atom is -0.452 e. The van der Waals surface area contributed by atoms with Gasteiger partial charge in [-0.05, 0) is 25.1 Å². The monoisotopic (exact) mass is 319 g/mol. The number of aryl methyl sites for hydroxylation is 1. The lowest BCUT2D eigenvalue weighted by molar-refractivity contribution is -0.124. The molecule has 0 saturated carbocycles. The van der Waals surface area contributed by atoms with E-state index in [0.29, 0.717) is 5.56 Å². The number of carbonyl (C=O) groups excluding carboxylic acids is 2. The summed E-state index contributed by atoms with van der Waals surface area (Å²) in [4.78, 5) is 23.3. The second kappa shape index (κ2) is 7.49. The van der Waals surface area contributed by atoms with E-state index in [2.05, 4.69) is 5.32 Å². The number of benzene rings is 2. The molecule has 120 valence electrons. The SMILES string of the molecule is Cc1ccc(C(=O)OCC(=O)NCc2ccc(F)cc2F)cc1. The summed E-state index contributed by atoms with van der Waals surface area (Å²) in [6.07, 6.45) is 0. The Bertz CT molecular complexity index is 714. The molecule has 0 aromatic heterocycles. The van der Waals surface area contributed by atoms with Gasteiger partial charge < -0.3 is 10.1 Å². The molecule has 0 atom stereocenters. The summed E-state index contributed by atoms with van der Waals surface area (Å²) in [6.45, 7) is 1.29. The minimum atomic E-state index is -0.748. The fraction of sp³-hybridized carbons (Fsp3) is 0.176. The Kier molecular flexibility index (Phi) is 5.41. The van der Waals surface area contributed by atoms with Crippen molar-refractivity contribution < 1.29 is 23.1 Å². The summed E-state index contributed by atoms with van der Waals surface area (Å²) in [5.41, 5.74) is 1.48. The van der Waals surface area contributed by atoms with Crippen molar-refractivity contribution in [3.05, 3.63) is 70.8 Å². The lowest BCUT2D eigenvalue weighted by atomic mass is 10.1. The predicted molar refractivity (Wildman–Crippen MR) is 79.7 cm³/mol. The van der Waals surface area contributed by atoms with Crippen molar-refractivity contribution in [2.75, 3.05) is 6.61 Å². The number of nitrogens with one attached hydrogen (secondary N) is 1. The van der Waals surface area contributed by atoms with Crippen molar-refractivity contribution in [3.63, 3.8) is 0 Å². The number of hydrogen-bond donors (Lipinski definition) is 1. The molecular formula is C17H15F2NO3. The van der Waals surface area contributed by atoms with E-state index in [9.17, 15) is 18.4 Å². The van der Waals surface area contributed by atoms with Gasteiger partial charge in [-0.1, -0.05) is 23.8 Å². The van der Waals surface area contributed by atoms with Crippen LogP contribution in [0.5, 0.6) is 0 Å². The van der Waals surface area contributed by atoms with Crippen molar-refractivity contribution in [1.29, 1.82) is 0 Å². The van der Waals surface area contributed by atoms with Crippen molar-refractivity contribution in [2.45, 2.75) is 13.5 Å². The molecule has 0 aliphatic heterocycles. The Labute approximate surface area is 132 Å². The Morgan fingerprint density at radius 3 is 2.43 bits per heavy atom. The molecule has 2 aromatic carbocycles. The lowest BCUT2D eigenvalue weighted by Crippen LogP contribution is -2.28. The van der Waals surface area contributed by atoms with Crippen LogP contribution in [0.3, 0.4) is 0 Å². The summed E-state index contributed by atoms with van der Waals surface area (Å²) in [5, 5.41) is 2.40. The number of carbonyl (C=O) groups is 2. The number of rotatable bonds is 5. The molecule has 0 bridgehead atoms. The largest absolute Gasteiger partial charge is 0.452 e. The first kappa shape index (κ1) is 16.6. The van der Waals surface area contributed by atoms with Gasteiger partial charge in [-0.15, -0.1) is 0 Å². The van der Waals surface area contributed by atoms with Crippen molar-refractivity contribution >= 4 is 11.9 Å². The first-order chi connectivity index (χ1) is 11.0. The molecule has 2 rings (SSSR count). The maximum atomic E-state index is 13.4. The zero-order valence-corrected chi connectivity index (χ0v) is 12.4. The van der Waals surface area contributed by atoms with Crippen LogP contribution < -0.4 is 5.32 Å². The Balaban J connectivity index is 1.81. The Morgan fingerprint density at radius 1 is 1.09 bits per heavy atom. The normalized spacial score (nSPS) is 10.2. The van der Waals surface area contributed by atoms with Gasteiger partial charge in [0.1, 0.15) is 11.6 Å². The van der Waals surface area contributed by atoms with Crippen LogP contribution in [0.2, 0.25) is 0 Å². The highest BCUT2D eigenvalue weighted by atomic mass is 19.1. The number of hydrogen-bond acceptors (Lipinski definition) is 3. The van der Waals surface area contributed by atoms with Gasteiger partial charge in [0.25, 0.3) is 5.91 Å². The quantitative estimate of drug-likeness (QED) is 0.862. The highest BCUT2D eigenvalue weighted by molar-refractivity contribution is 5.91. The lowest BCUT2D eigenvalue weighted by Gasteiger charge is -2.07. The zero-order chi connectivity index (χ0) is 16.8. The van der Waals surface area contributed by atoms with E-state index in [-0.39, 0.29) is 12.1 Å². The first-order valence-corrected chi connectivity index (χ1v) is 6.90. The van der Waals surface area contributed by atoms with Gasteiger partial charge in [-0.3, -0.25) is 4.79 Å². The topological polar surface area (TPSA) is 55.4 Å². The fourth-order valence-electron chi connectivity index (χ4n) is 1.81. The third kappa shape index (κ3) is 4.88. The molecular weight excluding hydrogens is 304 g/mol. The van der Waals surface area contributed by atoms with E-state index in [0.717, 1.165) is 17.7 Å². The minimum absolute atomic E-state index is 0.118. The second-order valence-corrected chi connectivity index (χ2v) is 4.95. The van der Waals surface area contributed by atoms with E-state index in [1.807, 2.05) is 6.92 Å². The van der Waals surface area contributed by atoms with Crippen LogP contribution in [0, 0.1) is 18.6 Å². The predicted octanol–water partition coefficient (Wildman–Crippen LogP) is 2.75. The van der Waals surface area contributed by atoms with Crippen molar-refractivity contribution in [3.8, 4) is 0 Å². The summed E-state index contributed by atoms with van der Waals surface area (Å²) in [7, 11) is 0. The molecule has 0 fully saturated rings. The highest BCUT2D eigenvalue weighted by Crippen LogP contribution is 2.09. The van der Waals surface area contributed by atoms with Crippen LogP contribution in [0.15, 0.2) is 42.5 Å². The maximum absolute atomic E-state index is 13.4. The highest BCUT2D eigenvalue weighted by Gasteiger charge is 2.11. The van der Waals surface area contributed by atoms with E-state index in [1.165, 1.54) is 6.07 Å². The van der Waals surface area contributed by atoms with Gasteiger partial charge in [0.15, 0.2) is 6.61 Å². The van der Waals surface area contributed by atoms with Crippen LogP contribution in [0.25, 0.3) is 0 Å². The summed E-state index contributed by atoms with van der Waals surface area (Å²) in [5.74, 6) is -2.63. The molecule has 6 heteroatoms. The molecule has 23 heavy (non-hydrogen) atoms. The summed E-state index contributed by atoms with van der Waals surface area (Å²) >= 11 is 0. The Morgan fingerprint density at radius 2 is 1.78 bits per heavy atom. The molecule has 0 saturated heterocycles. The van der Waals surface area contributed by atoms with Crippen LogP contribution in [0.1, 0.15) is 21.5 Å². The number of ether oxygens (including phenoxy) is 1. The molecule has 0 heterocycles. The molecule has 4 nitrogen and oxygen atoms in total. The van der Waals surface area contributed by atoms with Gasteiger partial charge in [-0.2, -0.15) is 0 Å². The van der Waals surface area contributed by atoms with Crippen LogP contribution in [-0.4, -0.2) is 18.5 Å². The van der Waals surface area contributed by atoms with Crippen LogP contribution in [-0.2, 0) is 16.1 Å². The first-order valence-electron chi connectivity index (χ1n) is 6.90. The van der Waals surface area contributed by atoms with E-state index in [4.69, 9.17) is 4.74 Å². The number of esters is 1. The zero-order valence-electron chi connectivity index (χ0n) is 12.4. The van der Waals surface area contributed by atoms with Crippen molar-refractivity contribution in [1.82, 2.24) is 5.32 Å². The van der Waals surface area contributed by atoms with Gasteiger partial charge in [0.05, 0.1) is 5.56 Å². The molecule has 1 N–H and O–H groups in total. The number of halogens is 2. The molecule has 0 aliphatic rings. The van der Waals surface area contributed by atoms with E-state index < -0.39 is 30.1 Å². The van der Waals surface area contributed by atoms with Gasteiger partial charge in [0.2, 0.25) is 0 Å². The standard InChI is InChI=1S/C17H15F2NO3/c1-11-2-4-12(5-3-11)17(22)23-10-16(21)20-9-13-6-7-14(18)8-15(13)19/h2-8H,9-10H2,1H3,(H,20,21). The van der Waals surface area contributed by atoms with Gasteiger partial charge in [0, 0.05) is 18.2 Å². The fourth-order valence-corrected chi connectivity index (χ4v) is 1.81. The second-order valence-electron chi connectivity index (χ2n) is 4.95. The third-order valence-electron chi connectivity index (χ3n) is 3.11. The Hall–Kier alpha value is -2.76. The smallest absolute Gasteiger partial charge is 0.338 e. The van der Waals surface area contributed by atoms with Gasteiger partial charge >= 0.3 is 5.97 Å². The molecule has 1 amide bonds.